The number of halogens is 3. The molecule has 12 heteroatoms. The van der Waals surface area contributed by atoms with Crippen LogP contribution >= 0.6 is 0 Å². The van der Waals surface area contributed by atoms with Gasteiger partial charge in [-0.05, 0) is 62.1 Å². The lowest BCUT2D eigenvalue weighted by molar-refractivity contribution is -0.121. The Labute approximate surface area is 217 Å². The van der Waals surface area contributed by atoms with Gasteiger partial charge in [-0.1, -0.05) is 18.2 Å². The second kappa shape index (κ2) is 9.26. The Bertz CT molecular complexity index is 1520. The minimum absolute atomic E-state index is 0.0341. The number of anilines is 2. The molecule has 2 aliphatic rings. The number of piperidine rings is 1. The van der Waals surface area contributed by atoms with Gasteiger partial charge >= 0.3 is 11.5 Å². The van der Waals surface area contributed by atoms with Crippen molar-refractivity contribution in [3.8, 4) is 0 Å². The first-order valence-electron chi connectivity index (χ1n) is 12.1. The van der Waals surface area contributed by atoms with Gasteiger partial charge in [0.1, 0.15) is 5.54 Å². The van der Waals surface area contributed by atoms with E-state index in [0.717, 1.165) is 83.7 Å². The SMILES string of the molecule is CC1(Cc2c(N3CCCCC3)cnc3ccccc23)NC(=O)N(c2ccc(S(=O)(=O)C(F)(F)F)cc2)C1=O. The summed E-state index contributed by atoms with van der Waals surface area (Å²) in [7, 11) is -5.56. The minimum atomic E-state index is -5.56. The van der Waals surface area contributed by atoms with Crippen molar-refractivity contribution in [2.24, 2.45) is 0 Å². The van der Waals surface area contributed by atoms with Gasteiger partial charge in [0.05, 0.1) is 28.0 Å². The molecule has 2 fully saturated rings. The molecule has 200 valence electrons. The highest BCUT2D eigenvalue weighted by Gasteiger charge is 2.50. The maximum absolute atomic E-state index is 13.6. The lowest BCUT2D eigenvalue weighted by atomic mass is 9.89. The number of carbonyl (C=O) groups excluding carboxylic acids is 2. The molecule has 0 bridgehead atoms. The van der Waals surface area contributed by atoms with E-state index in [1.165, 1.54) is 0 Å². The van der Waals surface area contributed by atoms with E-state index in [1.54, 1.807) is 13.1 Å². The lowest BCUT2D eigenvalue weighted by Gasteiger charge is -2.32. The molecule has 1 unspecified atom stereocenters. The maximum Gasteiger partial charge on any atom is 0.501 e. The smallest absolute Gasteiger partial charge is 0.370 e. The van der Waals surface area contributed by atoms with Crippen molar-refractivity contribution >= 4 is 44.1 Å². The van der Waals surface area contributed by atoms with Crippen molar-refractivity contribution in [3.63, 3.8) is 0 Å². The standard InChI is InChI=1S/C26H25F3N4O4S/c1-25(15-20-19-7-3-4-8-21(19)30-16-22(20)32-13-5-2-6-14-32)23(34)33(24(35)31-25)17-9-11-18(12-10-17)38(36,37)26(27,28)29/h3-4,7-12,16H,2,5-6,13-15H2,1H3,(H,31,35). The van der Waals surface area contributed by atoms with E-state index in [9.17, 15) is 31.2 Å². The van der Waals surface area contributed by atoms with E-state index in [-0.39, 0.29) is 12.1 Å². The number of hydrogen-bond acceptors (Lipinski definition) is 6. The predicted octanol–water partition coefficient (Wildman–Crippen LogP) is 4.58. The first-order chi connectivity index (χ1) is 17.9. The Morgan fingerprint density at radius 3 is 2.32 bits per heavy atom. The number of fused-ring (bicyclic) bond motifs is 1. The summed E-state index contributed by atoms with van der Waals surface area (Å²) >= 11 is 0. The molecule has 5 rings (SSSR count). The molecule has 1 aromatic heterocycles. The molecule has 3 aromatic rings. The van der Waals surface area contributed by atoms with Crippen LogP contribution in [0.4, 0.5) is 29.3 Å². The fourth-order valence-electron chi connectivity index (χ4n) is 5.08. The van der Waals surface area contributed by atoms with Crippen LogP contribution in [0.3, 0.4) is 0 Å². The summed E-state index contributed by atoms with van der Waals surface area (Å²) in [4.78, 5) is 33.3. The molecule has 2 saturated heterocycles. The van der Waals surface area contributed by atoms with Crippen molar-refractivity contribution in [1.82, 2.24) is 10.3 Å². The molecular formula is C26H25F3N4O4S. The third-order valence-corrected chi connectivity index (χ3v) is 8.56. The number of hydrogen-bond donors (Lipinski definition) is 1. The number of nitrogens with zero attached hydrogens (tertiary/aromatic N) is 3. The molecule has 1 atom stereocenters. The van der Waals surface area contributed by atoms with Crippen LogP contribution in [0.15, 0.2) is 59.6 Å². The Balaban J connectivity index is 1.49. The van der Waals surface area contributed by atoms with Gasteiger partial charge in [0.15, 0.2) is 0 Å². The Morgan fingerprint density at radius 2 is 1.66 bits per heavy atom. The van der Waals surface area contributed by atoms with E-state index < -0.39 is 37.7 Å². The van der Waals surface area contributed by atoms with Crippen LogP contribution in [0.25, 0.3) is 10.9 Å². The highest BCUT2D eigenvalue weighted by molar-refractivity contribution is 7.92. The molecule has 3 amide bonds. The molecule has 3 heterocycles. The van der Waals surface area contributed by atoms with E-state index >= 15 is 0 Å². The van der Waals surface area contributed by atoms with Crippen molar-refractivity contribution in [2.45, 2.75) is 48.5 Å². The summed E-state index contributed by atoms with van der Waals surface area (Å²) in [6, 6.07) is 10.3. The van der Waals surface area contributed by atoms with E-state index in [2.05, 4.69) is 15.2 Å². The number of imide groups is 1. The van der Waals surface area contributed by atoms with Gasteiger partial charge in [0.25, 0.3) is 15.7 Å². The number of carbonyl (C=O) groups is 2. The number of alkyl halides is 3. The summed E-state index contributed by atoms with van der Waals surface area (Å²) in [5.41, 5.74) is -4.35. The van der Waals surface area contributed by atoms with Crippen LogP contribution in [0.5, 0.6) is 0 Å². The topological polar surface area (TPSA) is 99.7 Å². The normalized spacial score (nSPS) is 20.7. The lowest BCUT2D eigenvalue weighted by Crippen LogP contribution is -2.46. The summed E-state index contributed by atoms with van der Waals surface area (Å²) in [5, 5.41) is 3.60. The Hall–Kier alpha value is -3.67. The zero-order valence-corrected chi connectivity index (χ0v) is 21.3. The number of benzene rings is 2. The number of aromatic nitrogens is 1. The number of nitrogens with one attached hydrogen (secondary N) is 1. The van der Waals surface area contributed by atoms with Crippen molar-refractivity contribution in [1.29, 1.82) is 0 Å². The van der Waals surface area contributed by atoms with Crippen LogP contribution in [0.1, 0.15) is 31.7 Å². The van der Waals surface area contributed by atoms with Crippen LogP contribution in [0.2, 0.25) is 0 Å². The fraction of sp³-hybridized carbons (Fsp3) is 0.346. The number of sulfone groups is 1. The van der Waals surface area contributed by atoms with E-state index in [1.807, 2.05) is 24.3 Å². The Morgan fingerprint density at radius 1 is 1.00 bits per heavy atom. The summed E-state index contributed by atoms with van der Waals surface area (Å²) in [6.45, 7) is 3.30. The van der Waals surface area contributed by atoms with Crippen molar-refractivity contribution in [3.05, 3.63) is 60.3 Å². The van der Waals surface area contributed by atoms with Crippen LogP contribution < -0.4 is 15.1 Å². The molecular weight excluding hydrogens is 521 g/mol. The summed E-state index contributed by atoms with van der Waals surface area (Å²) in [6.07, 6.45) is 5.16. The molecule has 0 saturated carbocycles. The molecule has 38 heavy (non-hydrogen) atoms. The number of urea groups is 1. The number of pyridine rings is 1. The van der Waals surface area contributed by atoms with Gasteiger partial charge < -0.3 is 10.2 Å². The van der Waals surface area contributed by atoms with Crippen LogP contribution in [-0.2, 0) is 21.1 Å². The third kappa shape index (κ3) is 4.36. The van der Waals surface area contributed by atoms with Gasteiger partial charge in [0, 0.05) is 24.9 Å². The number of para-hydroxylation sites is 1. The molecule has 0 aliphatic carbocycles. The van der Waals surface area contributed by atoms with E-state index in [4.69, 9.17) is 0 Å². The first kappa shape index (κ1) is 26.0. The van der Waals surface area contributed by atoms with Gasteiger partial charge in [0.2, 0.25) is 0 Å². The molecule has 1 N–H and O–H groups in total. The van der Waals surface area contributed by atoms with Gasteiger partial charge in [-0.25, -0.2) is 18.1 Å². The largest absolute Gasteiger partial charge is 0.501 e. The van der Waals surface area contributed by atoms with Gasteiger partial charge in [-0.15, -0.1) is 0 Å². The van der Waals surface area contributed by atoms with E-state index in [0.29, 0.717) is 0 Å². The second-order valence-electron chi connectivity index (χ2n) is 9.71. The summed E-state index contributed by atoms with van der Waals surface area (Å²) < 4.78 is 62.1. The third-order valence-electron chi connectivity index (χ3n) is 7.06. The minimum Gasteiger partial charge on any atom is -0.370 e. The van der Waals surface area contributed by atoms with Crippen molar-refractivity contribution in [2.75, 3.05) is 22.9 Å². The Kier molecular flexibility index (Phi) is 6.33. The first-order valence-corrected chi connectivity index (χ1v) is 13.6. The predicted molar refractivity (Wildman–Crippen MR) is 136 cm³/mol. The quantitative estimate of drug-likeness (QED) is 0.471. The molecule has 8 nitrogen and oxygen atoms in total. The second-order valence-corrected chi connectivity index (χ2v) is 11.7. The number of amides is 3. The highest BCUT2D eigenvalue weighted by atomic mass is 32.2. The van der Waals surface area contributed by atoms with Gasteiger partial charge in [-0.3, -0.25) is 9.78 Å². The molecule has 2 aromatic carbocycles. The molecule has 0 radical (unpaired) electrons. The maximum atomic E-state index is 13.6. The zero-order valence-electron chi connectivity index (χ0n) is 20.5. The van der Waals surface area contributed by atoms with Crippen LogP contribution in [-0.4, -0.2) is 49.5 Å². The van der Waals surface area contributed by atoms with Crippen LogP contribution in [0, 0.1) is 0 Å². The highest BCUT2D eigenvalue weighted by Crippen LogP contribution is 2.36. The molecule has 0 spiro atoms. The monoisotopic (exact) mass is 546 g/mol. The summed E-state index contributed by atoms with van der Waals surface area (Å²) in [5.74, 6) is -0.598. The molecule has 2 aliphatic heterocycles. The van der Waals surface area contributed by atoms with Gasteiger partial charge in [-0.2, -0.15) is 13.2 Å². The average molecular weight is 547 g/mol. The fourth-order valence-corrected chi connectivity index (χ4v) is 5.84. The number of rotatable bonds is 5. The van der Waals surface area contributed by atoms with Crippen molar-refractivity contribution < 1.29 is 31.2 Å². The zero-order chi connectivity index (χ0) is 27.3. The average Bonchev–Trinajstić information content (AvgIpc) is 3.11.